The van der Waals surface area contributed by atoms with Crippen LogP contribution >= 0.6 is 0 Å². The molecule has 3 heteroatoms. The summed E-state index contributed by atoms with van der Waals surface area (Å²) in [6, 6.07) is 0. The summed E-state index contributed by atoms with van der Waals surface area (Å²) < 4.78 is 2.00. The van der Waals surface area contributed by atoms with Gasteiger partial charge in [0.2, 0.25) is 0 Å². The Morgan fingerprint density at radius 3 is 3.09 bits per heavy atom. The summed E-state index contributed by atoms with van der Waals surface area (Å²) in [7, 11) is 0. The maximum Gasteiger partial charge on any atom is 0.120 e. The minimum absolute atomic E-state index is 0.636. The molecule has 0 saturated carbocycles. The monoisotopic (exact) mass is 152 g/mol. The van der Waals surface area contributed by atoms with E-state index < -0.39 is 0 Å². The number of carbonyl (C=O) groups excluding carboxylic acids is 1. The number of rotatable bonds is 4. The van der Waals surface area contributed by atoms with Crippen LogP contribution in [0.2, 0.25) is 0 Å². The number of hydrogen-bond donors (Lipinski definition) is 0. The van der Waals surface area contributed by atoms with Gasteiger partial charge < -0.3 is 9.36 Å². The number of carbonyl (C=O) groups is 1. The van der Waals surface area contributed by atoms with Crippen molar-refractivity contribution in [1.82, 2.24) is 9.55 Å². The molecule has 1 heterocycles. The lowest BCUT2D eigenvalue weighted by molar-refractivity contribution is -0.107. The third kappa shape index (κ3) is 2.53. The van der Waals surface area contributed by atoms with Crippen LogP contribution in [0.5, 0.6) is 0 Å². The van der Waals surface area contributed by atoms with Crippen LogP contribution < -0.4 is 0 Å². The molecule has 0 aliphatic rings. The second-order valence-corrected chi connectivity index (χ2v) is 2.56. The van der Waals surface area contributed by atoms with Crippen molar-refractivity contribution in [2.75, 3.05) is 0 Å². The van der Waals surface area contributed by atoms with Crippen LogP contribution in [0.15, 0.2) is 12.5 Å². The summed E-state index contributed by atoms with van der Waals surface area (Å²) in [6.07, 6.45) is 6.26. The fourth-order valence-electron chi connectivity index (χ4n) is 0.951. The highest BCUT2D eigenvalue weighted by atomic mass is 16.1. The summed E-state index contributed by atoms with van der Waals surface area (Å²) in [6.45, 7) is 2.84. The van der Waals surface area contributed by atoms with Crippen molar-refractivity contribution in [3.63, 3.8) is 0 Å². The molecule has 0 bridgehead atoms. The topological polar surface area (TPSA) is 34.9 Å². The number of imidazole rings is 1. The molecule has 0 N–H and O–H groups in total. The average Bonchev–Trinajstić information content (AvgIpc) is 2.37. The molecule has 0 amide bonds. The molecule has 3 nitrogen and oxygen atoms in total. The lowest BCUT2D eigenvalue weighted by Crippen LogP contribution is -1.93. The molecule has 1 aromatic rings. The normalized spacial score (nSPS) is 9.91. The molecular weight excluding hydrogens is 140 g/mol. The number of nitrogens with zero attached hydrogens (tertiary/aromatic N) is 2. The standard InChI is InChI=1S/C8H12N2O/c1-8-6-10(7-9-8)4-2-3-5-11/h5-7H,2-4H2,1H3. The van der Waals surface area contributed by atoms with Gasteiger partial charge in [-0.3, -0.25) is 0 Å². The molecule has 0 atom stereocenters. The Hall–Kier alpha value is -1.12. The number of aryl methyl sites for hydroxylation is 2. The second-order valence-electron chi connectivity index (χ2n) is 2.56. The maximum atomic E-state index is 9.98. The Morgan fingerprint density at radius 2 is 2.55 bits per heavy atom. The summed E-state index contributed by atoms with van der Waals surface area (Å²) in [5.74, 6) is 0. The van der Waals surface area contributed by atoms with Crippen LogP contribution in [0.1, 0.15) is 18.5 Å². The zero-order chi connectivity index (χ0) is 8.10. The van der Waals surface area contributed by atoms with E-state index in [0.29, 0.717) is 6.42 Å². The van der Waals surface area contributed by atoms with Crippen LogP contribution in [0.4, 0.5) is 0 Å². The van der Waals surface area contributed by atoms with Crippen molar-refractivity contribution in [2.24, 2.45) is 0 Å². The van der Waals surface area contributed by atoms with E-state index in [1.54, 1.807) is 6.33 Å². The van der Waals surface area contributed by atoms with Gasteiger partial charge in [-0.05, 0) is 13.3 Å². The van der Waals surface area contributed by atoms with E-state index in [2.05, 4.69) is 4.98 Å². The van der Waals surface area contributed by atoms with Crippen molar-refractivity contribution in [3.05, 3.63) is 18.2 Å². The van der Waals surface area contributed by atoms with E-state index in [9.17, 15) is 4.79 Å². The van der Waals surface area contributed by atoms with Crippen molar-refractivity contribution in [3.8, 4) is 0 Å². The van der Waals surface area contributed by atoms with Crippen LogP contribution in [0.25, 0.3) is 0 Å². The number of aromatic nitrogens is 2. The van der Waals surface area contributed by atoms with Gasteiger partial charge in [-0.15, -0.1) is 0 Å². The van der Waals surface area contributed by atoms with Gasteiger partial charge >= 0.3 is 0 Å². The average molecular weight is 152 g/mol. The van der Waals surface area contributed by atoms with Crippen LogP contribution in [0.3, 0.4) is 0 Å². The maximum absolute atomic E-state index is 9.98. The van der Waals surface area contributed by atoms with Gasteiger partial charge in [-0.25, -0.2) is 4.98 Å². The van der Waals surface area contributed by atoms with Crippen molar-refractivity contribution in [1.29, 1.82) is 0 Å². The molecule has 0 fully saturated rings. The SMILES string of the molecule is Cc1cn(CCCC=O)cn1. The lowest BCUT2D eigenvalue weighted by Gasteiger charge is -1.96. The fraction of sp³-hybridized carbons (Fsp3) is 0.500. The van der Waals surface area contributed by atoms with E-state index in [4.69, 9.17) is 0 Å². The Balaban J connectivity index is 2.32. The zero-order valence-electron chi connectivity index (χ0n) is 6.66. The molecule has 11 heavy (non-hydrogen) atoms. The molecule has 0 unspecified atom stereocenters. The first-order valence-corrected chi connectivity index (χ1v) is 3.75. The molecule has 60 valence electrons. The minimum atomic E-state index is 0.636. The molecule has 1 aromatic heterocycles. The fourth-order valence-corrected chi connectivity index (χ4v) is 0.951. The van der Waals surface area contributed by atoms with Gasteiger partial charge in [0, 0.05) is 19.2 Å². The third-order valence-corrected chi connectivity index (χ3v) is 1.50. The van der Waals surface area contributed by atoms with Crippen molar-refractivity contribution in [2.45, 2.75) is 26.3 Å². The van der Waals surface area contributed by atoms with Gasteiger partial charge in [-0.1, -0.05) is 0 Å². The molecule has 0 aliphatic carbocycles. The highest BCUT2D eigenvalue weighted by Crippen LogP contribution is 1.96. The van der Waals surface area contributed by atoms with Crippen molar-refractivity contribution < 1.29 is 4.79 Å². The van der Waals surface area contributed by atoms with Crippen LogP contribution in [0, 0.1) is 6.92 Å². The number of unbranched alkanes of at least 4 members (excludes halogenated alkanes) is 1. The van der Waals surface area contributed by atoms with Gasteiger partial charge in [0.05, 0.1) is 12.0 Å². The van der Waals surface area contributed by atoms with Gasteiger partial charge in [-0.2, -0.15) is 0 Å². The number of hydrogen-bond acceptors (Lipinski definition) is 2. The molecule has 0 radical (unpaired) electrons. The van der Waals surface area contributed by atoms with Crippen LogP contribution in [-0.4, -0.2) is 15.8 Å². The van der Waals surface area contributed by atoms with Gasteiger partial charge in [0.1, 0.15) is 6.29 Å². The lowest BCUT2D eigenvalue weighted by atomic mass is 10.3. The summed E-state index contributed by atoms with van der Waals surface area (Å²) in [5.41, 5.74) is 1.02. The first kappa shape index (κ1) is 7.98. The van der Waals surface area contributed by atoms with E-state index in [0.717, 1.165) is 24.9 Å². The van der Waals surface area contributed by atoms with E-state index in [1.807, 2.05) is 17.7 Å². The molecule has 0 aliphatic heterocycles. The van der Waals surface area contributed by atoms with E-state index in [1.165, 1.54) is 0 Å². The quantitative estimate of drug-likeness (QED) is 0.479. The van der Waals surface area contributed by atoms with Crippen molar-refractivity contribution >= 4 is 6.29 Å². The predicted octanol–water partition coefficient (Wildman–Crippen LogP) is 1.17. The highest BCUT2D eigenvalue weighted by molar-refractivity contribution is 5.48. The van der Waals surface area contributed by atoms with Crippen LogP contribution in [-0.2, 0) is 11.3 Å². The molecule has 0 spiro atoms. The Bertz CT molecular complexity index is 230. The Kier molecular flexibility index (Phi) is 2.83. The van der Waals surface area contributed by atoms with Gasteiger partial charge in [0.15, 0.2) is 0 Å². The number of aldehydes is 1. The van der Waals surface area contributed by atoms with Gasteiger partial charge in [0.25, 0.3) is 0 Å². The first-order chi connectivity index (χ1) is 5.33. The second kappa shape index (κ2) is 3.91. The molecule has 0 saturated heterocycles. The largest absolute Gasteiger partial charge is 0.337 e. The summed E-state index contributed by atoms with van der Waals surface area (Å²) >= 11 is 0. The predicted molar refractivity (Wildman–Crippen MR) is 42.3 cm³/mol. The molecular formula is C8H12N2O. The third-order valence-electron chi connectivity index (χ3n) is 1.50. The zero-order valence-corrected chi connectivity index (χ0v) is 6.66. The Morgan fingerprint density at radius 1 is 1.73 bits per heavy atom. The minimum Gasteiger partial charge on any atom is -0.337 e. The highest BCUT2D eigenvalue weighted by Gasteiger charge is 1.91. The first-order valence-electron chi connectivity index (χ1n) is 3.75. The summed E-state index contributed by atoms with van der Waals surface area (Å²) in [4.78, 5) is 14.0. The Labute approximate surface area is 66.1 Å². The smallest absolute Gasteiger partial charge is 0.120 e. The van der Waals surface area contributed by atoms with E-state index in [-0.39, 0.29) is 0 Å². The molecule has 1 rings (SSSR count). The molecule has 0 aromatic carbocycles. The summed E-state index contributed by atoms with van der Waals surface area (Å²) in [5, 5.41) is 0. The van der Waals surface area contributed by atoms with E-state index >= 15 is 0 Å².